The Bertz CT molecular complexity index is 137. The van der Waals surface area contributed by atoms with Gasteiger partial charge >= 0.3 is 0 Å². The van der Waals surface area contributed by atoms with Gasteiger partial charge in [-0.2, -0.15) is 0 Å². The number of hydrogen-bond donors (Lipinski definition) is 0. The number of rotatable bonds is 0. The predicted octanol–water partition coefficient (Wildman–Crippen LogP) is 1.70. The van der Waals surface area contributed by atoms with E-state index in [-0.39, 0.29) is 0 Å². The molecule has 44 valence electrons. The first-order chi connectivity index (χ1) is 3.86. The number of ether oxygens (including phenoxy) is 1. The minimum Gasteiger partial charge on any atom is -0.483 e. The van der Waals surface area contributed by atoms with E-state index in [1.807, 2.05) is 0 Å². The van der Waals surface area contributed by atoms with Crippen LogP contribution in [0.1, 0.15) is 19.8 Å². The van der Waals surface area contributed by atoms with Crippen LogP contribution in [0.2, 0.25) is 0 Å². The first kappa shape index (κ1) is 4.42. The molecule has 1 aliphatic heterocycles. The molecule has 1 aliphatic carbocycles. The molecule has 0 aromatic carbocycles. The van der Waals surface area contributed by atoms with Gasteiger partial charge in [-0.25, -0.2) is 0 Å². The average Bonchev–Trinajstić information content (AvgIpc) is 2.43. The lowest BCUT2D eigenvalue weighted by Gasteiger charge is -2.05. The molecule has 1 nitrogen and oxygen atoms in total. The van der Waals surface area contributed by atoms with Gasteiger partial charge in [0.25, 0.3) is 0 Å². The Morgan fingerprint density at radius 2 is 2.62 bits per heavy atom. The van der Waals surface area contributed by atoms with E-state index in [0.717, 1.165) is 5.92 Å². The fourth-order valence-corrected chi connectivity index (χ4v) is 1.25. The van der Waals surface area contributed by atoms with Crippen LogP contribution < -0.4 is 0 Å². The second kappa shape index (κ2) is 1.28. The van der Waals surface area contributed by atoms with Crippen LogP contribution in [-0.2, 0) is 4.74 Å². The molecule has 0 bridgehead atoms. The molecular formula is C7H10O. The van der Waals surface area contributed by atoms with Gasteiger partial charge in [0.15, 0.2) is 6.10 Å². The molecular weight excluding hydrogens is 100 g/mol. The summed E-state index contributed by atoms with van der Waals surface area (Å²) < 4.78 is 5.21. The maximum absolute atomic E-state index is 5.21. The summed E-state index contributed by atoms with van der Waals surface area (Å²) >= 11 is 0. The van der Waals surface area contributed by atoms with Gasteiger partial charge in [-0.05, 0) is 24.8 Å². The van der Waals surface area contributed by atoms with Crippen molar-refractivity contribution in [3.8, 4) is 0 Å². The predicted molar refractivity (Wildman–Crippen MR) is 31.4 cm³/mol. The van der Waals surface area contributed by atoms with Crippen LogP contribution >= 0.6 is 0 Å². The van der Waals surface area contributed by atoms with E-state index >= 15 is 0 Å². The smallest absolute Gasteiger partial charge is 0.155 e. The molecule has 2 unspecified atom stereocenters. The van der Waals surface area contributed by atoms with Crippen molar-refractivity contribution in [1.29, 1.82) is 0 Å². The lowest BCUT2D eigenvalue weighted by molar-refractivity contribution is 0.380. The molecule has 0 saturated carbocycles. The second-order valence-electron chi connectivity index (χ2n) is 2.79. The molecule has 2 rings (SSSR count). The van der Waals surface area contributed by atoms with E-state index in [1.165, 1.54) is 18.6 Å². The Morgan fingerprint density at radius 3 is 3.25 bits per heavy atom. The zero-order valence-electron chi connectivity index (χ0n) is 5.05. The molecule has 2 aliphatic rings. The fourth-order valence-electron chi connectivity index (χ4n) is 1.25. The van der Waals surface area contributed by atoms with Crippen LogP contribution in [-0.4, -0.2) is 6.10 Å². The number of allylic oxidation sites excluding steroid dienone is 1. The molecule has 0 radical (unpaired) electrons. The highest BCUT2D eigenvalue weighted by Crippen LogP contribution is 2.38. The summed E-state index contributed by atoms with van der Waals surface area (Å²) in [6.07, 6.45) is 5.25. The third kappa shape index (κ3) is 0.540. The molecule has 1 fully saturated rings. The topological polar surface area (TPSA) is 12.5 Å². The van der Waals surface area contributed by atoms with Crippen LogP contribution in [0.15, 0.2) is 11.8 Å². The van der Waals surface area contributed by atoms with Gasteiger partial charge in [0.1, 0.15) is 5.76 Å². The molecule has 0 aromatic rings. The van der Waals surface area contributed by atoms with Gasteiger partial charge in [0.2, 0.25) is 0 Å². The Balaban J connectivity index is 2.11. The summed E-state index contributed by atoms with van der Waals surface area (Å²) in [5, 5.41) is 0. The maximum Gasteiger partial charge on any atom is 0.155 e. The van der Waals surface area contributed by atoms with E-state index in [0.29, 0.717) is 6.10 Å². The average molecular weight is 110 g/mol. The lowest BCUT2D eigenvalue weighted by Crippen LogP contribution is -2.00. The van der Waals surface area contributed by atoms with Crippen molar-refractivity contribution in [3.05, 3.63) is 11.8 Å². The van der Waals surface area contributed by atoms with Gasteiger partial charge in [-0.15, -0.1) is 0 Å². The summed E-state index contributed by atoms with van der Waals surface area (Å²) in [6, 6.07) is 0. The largest absolute Gasteiger partial charge is 0.483 e. The summed E-state index contributed by atoms with van der Waals surface area (Å²) in [5.74, 6) is 2.11. The van der Waals surface area contributed by atoms with E-state index < -0.39 is 0 Å². The van der Waals surface area contributed by atoms with E-state index in [1.54, 1.807) is 0 Å². The van der Waals surface area contributed by atoms with Crippen molar-refractivity contribution in [2.45, 2.75) is 25.9 Å². The Hall–Kier alpha value is -0.460. The first-order valence-electron chi connectivity index (χ1n) is 3.23. The maximum atomic E-state index is 5.21. The van der Waals surface area contributed by atoms with Crippen LogP contribution in [0, 0.1) is 5.92 Å². The first-order valence-corrected chi connectivity index (χ1v) is 3.23. The van der Waals surface area contributed by atoms with Gasteiger partial charge in [0, 0.05) is 0 Å². The minimum atomic E-state index is 0.541. The third-order valence-corrected chi connectivity index (χ3v) is 1.88. The number of fused-ring (bicyclic) bond motifs is 1. The van der Waals surface area contributed by atoms with Crippen molar-refractivity contribution in [2.75, 3.05) is 0 Å². The Morgan fingerprint density at radius 1 is 1.75 bits per heavy atom. The summed E-state index contributed by atoms with van der Waals surface area (Å²) in [4.78, 5) is 0. The molecule has 1 saturated heterocycles. The molecule has 0 spiro atoms. The molecule has 0 amide bonds. The SMILES string of the molecule is CC1CC=C2OC2C1. The van der Waals surface area contributed by atoms with Crippen molar-refractivity contribution < 1.29 is 4.74 Å². The van der Waals surface area contributed by atoms with Crippen LogP contribution in [0.25, 0.3) is 0 Å². The zero-order valence-corrected chi connectivity index (χ0v) is 5.05. The summed E-state index contributed by atoms with van der Waals surface area (Å²) in [5.41, 5.74) is 0. The number of epoxide rings is 1. The molecule has 1 heterocycles. The highest BCUT2D eigenvalue weighted by Gasteiger charge is 2.36. The molecule has 1 heteroatoms. The monoisotopic (exact) mass is 110 g/mol. The second-order valence-corrected chi connectivity index (χ2v) is 2.79. The molecule has 2 atom stereocenters. The zero-order chi connectivity index (χ0) is 5.56. The van der Waals surface area contributed by atoms with E-state index in [4.69, 9.17) is 4.74 Å². The molecule has 8 heavy (non-hydrogen) atoms. The Kier molecular flexibility index (Phi) is 0.706. The Labute approximate surface area is 49.3 Å². The van der Waals surface area contributed by atoms with Crippen LogP contribution in [0.3, 0.4) is 0 Å². The number of hydrogen-bond acceptors (Lipinski definition) is 1. The molecule has 0 N–H and O–H groups in total. The third-order valence-electron chi connectivity index (χ3n) is 1.88. The minimum absolute atomic E-state index is 0.541. The van der Waals surface area contributed by atoms with Crippen LogP contribution in [0.5, 0.6) is 0 Å². The highest BCUT2D eigenvalue weighted by molar-refractivity contribution is 5.17. The van der Waals surface area contributed by atoms with Gasteiger partial charge in [0.05, 0.1) is 0 Å². The molecule has 0 aromatic heterocycles. The standard InChI is InChI=1S/C7H10O/c1-5-2-3-6-7(4-5)8-6/h3,5,7H,2,4H2,1H3. The van der Waals surface area contributed by atoms with Gasteiger partial charge in [-0.1, -0.05) is 6.92 Å². The lowest BCUT2D eigenvalue weighted by atomic mass is 9.97. The summed E-state index contributed by atoms with van der Waals surface area (Å²) in [7, 11) is 0. The van der Waals surface area contributed by atoms with Crippen LogP contribution in [0.4, 0.5) is 0 Å². The van der Waals surface area contributed by atoms with Gasteiger partial charge < -0.3 is 4.74 Å². The van der Waals surface area contributed by atoms with E-state index in [2.05, 4.69) is 13.0 Å². The fraction of sp³-hybridized carbons (Fsp3) is 0.714. The van der Waals surface area contributed by atoms with E-state index in [9.17, 15) is 0 Å². The van der Waals surface area contributed by atoms with Crippen molar-refractivity contribution in [1.82, 2.24) is 0 Å². The normalized spacial score (nSPS) is 41.9. The summed E-state index contributed by atoms with van der Waals surface area (Å²) in [6.45, 7) is 2.27. The van der Waals surface area contributed by atoms with Crippen molar-refractivity contribution in [3.63, 3.8) is 0 Å². The van der Waals surface area contributed by atoms with Crippen molar-refractivity contribution >= 4 is 0 Å². The van der Waals surface area contributed by atoms with Crippen molar-refractivity contribution in [2.24, 2.45) is 5.92 Å². The quantitative estimate of drug-likeness (QED) is 0.432. The van der Waals surface area contributed by atoms with Gasteiger partial charge in [-0.3, -0.25) is 0 Å². The highest BCUT2D eigenvalue weighted by atomic mass is 16.6.